The van der Waals surface area contributed by atoms with Crippen LogP contribution in [0.4, 0.5) is 0 Å². The van der Waals surface area contributed by atoms with E-state index in [9.17, 15) is 9.59 Å². The van der Waals surface area contributed by atoms with E-state index < -0.39 is 0 Å². The molecular formula is C18H19N5O3. The molecule has 0 unspecified atom stereocenters. The summed E-state index contributed by atoms with van der Waals surface area (Å²) in [5.41, 5.74) is 1.96. The Morgan fingerprint density at radius 3 is 2.58 bits per heavy atom. The Labute approximate surface area is 150 Å². The minimum atomic E-state index is -0.138. The lowest BCUT2D eigenvalue weighted by molar-refractivity contribution is 0.0700. The Morgan fingerprint density at radius 2 is 1.85 bits per heavy atom. The second kappa shape index (κ2) is 6.62. The molecule has 26 heavy (non-hydrogen) atoms. The third-order valence-electron chi connectivity index (χ3n) is 4.60. The van der Waals surface area contributed by atoms with Gasteiger partial charge in [0.15, 0.2) is 11.4 Å². The fraction of sp³-hybridized carbons (Fsp3) is 0.333. The number of furan rings is 1. The van der Waals surface area contributed by atoms with E-state index in [2.05, 4.69) is 9.97 Å². The summed E-state index contributed by atoms with van der Waals surface area (Å²) >= 11 is 0. The molecule has 0 bridgehead atoms. The molecule has 3 aromatic rings. The van der Waals surface area contributed by atoms with Gasteiger partial charge in [-0.05, 0) is 24.6 Å². The first-order chi connectivity index (χ1) is 12.6. The van der Waals surface area contributed by atoms with Crippen molar-refractivity contribution in [2.24, 2.45) is 7.05 Å². The van der Waals surface area contributed by atoms with E-state index >= 15 is 0 Å². The number of carbonyl (C=O) groups is 2. The molecule has 0 aliphatic carbocycles. The number of aryl methyl sites for hydroxylation is 1. The number of amides is 2. The second-order valence-electron chi connectivity index (χ2n) is 6.34. The van der Waals surface area contributed by atoms with Crippen LogP contribution in [0, 0.1) is 0 Å². The predicted molar refractivity (Wildman–Crippen MR) is 93.6 cm³/mol. The van der Waals surface area contributed by atoms with Gasteiger partial charge in [-0.1, -0.05) is 0 Å². The molecule has 4 heterocycles. The van der Waals surface area contributed by atoms with Crippen LogP contribution in [-0.2, 0) is 7.05 Å². The summed E-state index contributed by atoms with van der Waals surface area (Å²) in [5.74, 6) is 0.104. The summed E-state index contributed by atoms with van der Waals surface area (Å²) < 4.78 is 7.00. The fourth-order valence-corrected chi connectivity index (χ4v) is 3.20. The van der Waals surface area contributed by atoms with Gasteiger partial charge in [-0.15, -0.1) is 0 Å². The summed E-state index contributed by atoms with van der Waals surface area (Å²) in [6.07, 6.45) is 5.47. The Hall–Kier alpha value is -3.16. The number of aromatic nitrogens is 3. The molecule has 1 aliphatic heterocycles. The topological polar surface area (TPSA) is 84.5 Å². The highest BCUT2D eigenvalue weighted by atomic mass is 16.3. The SMILES string of the molecule is Cn1cnc2cc(C(=O)N3CCCN(C(=O)c4ccco4)CC3)cnc21. The zero-order chi connectivity index (χ0) is 18.1. The van der Waals surface area contributed by atoms with Crippen LogP contribution in [0.5, 0.6) is 0 Å². The van der Waals surface area contributed by atoms with Gasteiger partial charge >= 0.3 is 0 Å². The molecule has 134 valence electrons. The van der Waals surface area contributed by atoms with E-state index in [1.807, 2.05) is 11.6 Å². The zero-order valence-corrected chi connectivity index (χ0v) is 14.5. The van der Waals surface area contributed by atoms with Crippen molar-refractivity contribution in [3.63, 3.8) is 0 Å². The van der Waals surface area contributed by atoms with Crippen LogP contribution in [0.25, 0.3) is 11.2 Å². The average molecular weight is 353 g/mol. The molecule has 0 atom stereocenters. The molecular weight excluding hydrogens is 334 g/mol. The highest BCUT2D eigenvalue weighted by Gasteiger charge is 2.25. The molecule has 8 nitrogen and oxygen atoms in total. The fourth-order valence-electron chi connectivity index (χ4n) is 3.20. The predicted octanol–water partition coefficient (Wildman–Crippen LogP) is 1.55. The lowest BCUT2D eigenvalue weighted by Gasteiger charge is -2.21. The van der Waals surface area contributed by atoms with E-state index in [4.69, 9.17) is 4.42 Å². The number of hydrogen-bond donors (Lipinski definition) is 0. The maximum absolute atomic E-state index is 12.8. The number of rotatable bonds is 2. The molecule has 0 saturated carbocycles. The molecule has 4 rings (SSSR count). The van der Waals surface area contributed by atoms with Crippen molar-refractivity contribution in [3.8, 4) is 0 Å². The van der Waals surface area contributed by atoms with E-state index in [0.717, 1.165) is 12.1 Å². The molecule has 1 aliphatic rings. The average Bonchev–Trinajstić information content (AvgIpc) is 3.25. The van der Waals surface area contributed by atoms with E-state index in [1.165, 1.54) is 6.26 Å². The smallest absolute Gasteiger partial charge is 0.289 e. The number of carbonyl (C=O) groups excluding carboxylic acids is 2. The van der Waals surface area contributed by atoms with Crippen LogP contribution in [0.2, 0.25) is 0 Å². The minimum absolute atomic E-state index is 0.0858. The van der Waals surface area contributed by atoms with Gasteiger partial charge in [0, 0.05) is 39.4 Å². The second-order valence-corrected chi connectivity index (χ2v) is 6.34. The molecule has 0 radical (unpaired) electrons. The first-order valence-corrected chi connectivity index (χ1v) is 8.52. The van der Waals surface area contributed by atoms with E-state index in [1.54, 1.807) is 40.5 Å². The maximum Gasteiger partial charge on any atom is 0.289 e. The Kier molecular flexibility index (Phi) is 4.16. The van der Waals surface area contributed by atoms with Crippen molar-refractivity contribution >= 4 is 23.0 Å². The zero-order valence-electron chi connectivity index (χ0n) is 14.5. The normalized spacial score (nSPS) is 15.3. The van der Waals surface area contributed by atoms with Crippen LogP contribution in [-0.4, -0.2) is 62.3 Å². The van der Waals surface area contributed by atoms with Gasteiger partial charge < -0.3 is 18.8 Å². The summed E-state index contributed by atoms with van der Waals surface area (Å²) in [4.78, 5) is 37.3. The minimum Gasteiger partial charge on any atom is -0.459 e. The standard InChI is InChI=1S/C18H19N5O3/c1-21-12-20-14-10-13(11-19-16(14)21)17(24)22-5-3-6-23(8-7-22)18(25)15-4-2-9-26-15/h2,4,9-12H,3,5-8H2,1H3. The van der Waals surface area contributed by atoms with Crippen molar-refractivity contribution in [1.82, 2.24) is 24.3 Å². The summed E-state index contributed by atoms with van der Waals surface area (Å²) in [7, 11) is 1.86. The van der Waals surface area contributed by atoms with E-state index in [0.29, 0.717) is 43.0 Å². The van der Waals surface area contributed by atoms with Crippen LogP contribution < -0.4 is 0 Å². The monoisotopic (exact) mass is 353 g/mol. The third kappa shape index (κ3) is 2.94. The molecule has 8 heteroatoms. The highest BCUT2D eigenvalue weighted by Crippen LogP contribution is 2.15. The van der Waals surface area contributed by atoms with Crippen molar-refractivity contribution in [1.29, 1.82) is 0 Å². The van der Waals surface area contributed by atoms with Crippen LogP contribution in [0.15, 0.2) is 41.4 Å². The van der Waals surface area contributed by atoms with E-state index in [-0.39, 0.29) is 11.8 Å². The van der Waals surface area contributed by atoms with Gasteiger partial charge in [-0.2, -0.15) is 0 Å². The van der Waals surface area contributed by atoms with Crippen molar-refractivity contribution < 1.29 is 14.0 Å². The third-order valence-corrected chi connectivity index (χ3v) is 4.60. The first kappa shape index (κ1) is 16.3. The summed E-state index contributed by atoms with van der Waals surface area (Å²) in [5, 5.41) is 0. The van der Waals surface area contributed by atoms with Crippen LogP contribution in [0.3, 0.4) is 0 Å². The van der Waals surface area contributed by atoms with Gasteiger partial charge in [0.25, 0.3) is 11.8 Å². The number of imidazole rings is 1. The number of fused-ring (bicyclic) bond motifs is 1. The van der Waals surface area contributed by atoms with Crippen molar-refractivity contribution in [2.45, 2.75) is 6.42 Å². The molecule has 0 N–H and O–H groups in total. The van der Waals surface area contributed by atoms with Crippen LogP contribution >= 0.6 is 0 Å². The Balaban J connectivity index is 1.47. The Bertz CT molecular complexity index is 947. The van der Waals surface area contributed by atoms with Crippen LogP contribution in [0.1, 0.15) is 27.3 Å². The molecule has 3 aromatic heterocycles. The van der Waals surface area contributed by atoms with Gasteiger partial charge in [0.05, 0.1) is 18.2 Å². The highest BCUT2D eigenvalue weighted by molar-refractivity contribution is 5.96. The quantitative estimate of drug-likeness (QED) is 0.698. The number of hydrogen-bond acceptors (Lipinski definition) is 5. The van der Waals surface area contributed by atoms with Gasteiger partial charge in [0.1, 0.15) is 5.52 Å². The van der Waals surface area contributed by atoms with Gasteiger partial charge in [-0.25, -0.2) is 9.97 Å². The number of nitrogens with zero attached hydrogens (tertiary/aromatic N) is 5. The molecule has 1 fully saturated rings. The van der Waals surface area contributed by atoms with Crippen molar-refractivity contribution in [2.75, 3.05) is 26.2 Å². The maximum atomic E-state index is 12.8. The largest absolute Gasteiger partial charge is 0.459 e. The molecule has 0 spiro atoms. The lowest BCUT2D eigenvalue weighted by atomic mass is 10.2. The van der Waals surface area contributed by atoms with Gasteiger partial charge in [0.2, 0.25) is 0 Å². The van der Waals surface area contributed by atoms with Crippen molar-refractivity contribution in [3.05, 3.63) is 48.3 Å². The first-order valence-electron chi connectivity index (χ1n) is 8.52. The molecule has 2 amide bonds. The molecule has 1 saturated heterocycles. The Morgan fingerprint density at radius 1 is 1.08 bits per heavy atom. The molecule has 0 aromatic carbocycles. The number of pyridine rings is 1. The van der Waals surface area contributed by atoms with Gasteiger partial charge in [-0.3, -0.25) is 9.59 Å². The lowest BCUT2D eigenvalue weighted by Crippen LogP contribution is -2.37. The summed E-state index contributed by atoms with van der Waals surface area (Å²) in [6, 6.07) is 5.12. The summed E-state index contributed by atoms with van der Waals surface area (Å²) in [6.45, 7) is 2.15.